The maximum Gasteiger partial charge on any atom is 0.259 e. The maximum absolute atomic E-state index is 13.8. The van der Waals surface area contributed by atoms with E-state index in [1.807, 2.05) is 7.05 Å². The second-order valence-electron chi connectivity index (χ2n) is 13.4. The predicted molar refractivity (Wildman–Crippen MR) is 167 cm³/mol. The van der Waals surface area contributed by atoms with Gasteiger partial charge in [-0.15, -0.1) is 5.10 Å². The zero-order valence-corrected chi connectivity index (χ0v) is 26.7. The van der Waals surface area contributed by atoms with E-state index >= 15 is 0 Å². The third-order valence-corrected chi connectivity index (χ3v) is 13.0. The first-order valence-electron chi connectivity index (χ1n) is 16.4. The number of likely N-dealkylation sites (tertiary alicyclic amines) is 1. The number of hydrogen-bond donors (Lipinski definition) is 3. The molecule has 1 amide bonds. The van der Waals surface area contributed by atoms with E-state index in [0.717, 1.165) is 57.7 Å². The smallest absolute Gasteiger partial charge is 0.259 e. The van der Waals surface area contributed by atoms with Gasteiger partial charge in [-0.05, 0) is 45.8 Å². The van der Waals surface area contributed by atoms with Gasteiger partial charge in [0.2, 0.25) is 10.0 Å². The molecule has 2 aromatic rings. The summed E-state index contributed by atoms with van der Waals surface area (Å²) in [6.45, 7) is 5.27. The van der Waals surface area contributed by atoms with Crippen molar-refractivity contribution in [3.05, 3.63) is 23.8 Å². The standard InChI is InChI=1S/C30H48FN9O3S/c1-37-12-8-23(9-13-37)44(42,43)39-16-14-38(15-17-39)26-24(19-33-21-30(26)10-6-4-2-3-5-7-11-30)35-29(41)25-27(32)36-40-20-22(31)18-34-28(25)40/h18,20,23-24,26,33H,2-17,19,21H2,1H3,(H2,32,36)(H,35,41). The molecule has 0 radical (unpaired) electrons. The van der Waals surface area contributed by atoms with Gasteiger partial charge in [-0.2, -0.15) is 4.31 Å². The number of halogens is 1. The van der Waals surface area contributed by atoms with Gasteiger partial charge in [-0.3, -0.25) is 9.69 Å². The van der Waals surface area contributed by atoms with Crippen LogP contribution in [0, 0.1) is 11.2 Å². The number of nitrogens with two attached hydrogens (primary N) is 1. The van der Waals surface area contributed by atoms with E-state index in [1.165, 1.54) is 30.2 Å². The number of amides is 1. The van der Waals surface area contributed by atoms with E-state index < -0.39 is 15.8 Å². The molecular weight excluding hydrogens is 585 g/mol. The molecule has 0 aromatic carbocycles. The Morgan fingerprint density at radius 3 is 2.39 bits per heavy atom. The fourth-order valence-corrected chi connectivity index (χ4v) is 10.2. The van der Waals surface area contributed by atoms with Gasteiger partial charge >= 0.3 is 0 Å². The number of fused-ring (bicyclic) bond motifs is 1. The second kappa shape index (κ2) is 13.1. The molecule has 44 heavy (non-hydrogen) atoms. The summed E-state index contributed by atoms with van der Waals surface area (Å²) in [6, 6.07) is -0.198. The van der Waals surface area contributed by atoms with E-state index in [-0.39, 0.29) is 45.7 Å². The van der Waals surface area contributed by atoms with Gasteiger partial charge < -0.3 is 21.3 Å². The van der Waals surface area contributed by atoms with Crippen LogP contribution in [0.2, 0.25) is 0 Å². The number of sulfonamides is 1. The van der Waals surface area contributed by atoms with Crippen LogP contribution >= 0.6 is 0 Å². The van der Waals surface area contributed by atoms with Gasteiger partial charge in [-0.1, -0.05) is 38.5 Å². The van der Waals surface area contributed by atoms with Crippen LogP contribution in [-0.4, -0.2) is 120 Å². The van der Waals surface area contributed by atoms with E-state index in [4.69, 9.17) is 5.73 Å². The van der Waals surface area contributed by atoms with Gasteiger partial charge in [0.1, 0.15) is 5.56 Å². The highest BCUT2D eigenvalue weighted by Crippen LogP contribution is 2.42. The van der Waals surface area contributed by atoms with Crippen molar-refractivity contribution in [2.45, 2.75) is 81.5 Å². The number of anilines is 1. The van der Waals surface area contributed by atoms with Crippen molar-refractivity contribution < 1.29 is 17.6 Å². The molecule has 1 spiro atoms. The molecule has 4 fully saturated rings. The minimum Gasteiger partial charge on any atom is -0.381 e. The van der Waals surface area contributed by atoms with Crippen molar-refractivity contribution in [1.82, 2.24) is 39.3 Å². The number of carbonyl (C=O) groups excluding carboxylic acids is 1. The number of piperazine rings is 1. The monoisotopic (exact) mass is 633 g/mol. The normalized spacial score (nSPS) is 27.1. The molecule has 12 nitrogen and oxygen atoms in total. The molecule has 244 valence electrons. The Bertz CT molecular complexity index is 1410. The third-order valence-electron chi connectivity index (χ3n) is 10.6. The first-order chi connectivity index (χ1) is 21.2. The van der Waals surface area contributed by atoms with Crippen LogP contribution in [0.3, 0.4) is 0 Å². The highest BCUT2D eigenvalue weighted by atomic mass is 32.2. The van der Waals surface area contributed by atoms with Crippen molar-refractivity contribution in [2.24, 2.45) is 5.41 Å². The molecule has 6 rings (SSSR count). The molecule has 2 atom stereocenters. The molecule has 4 aliphatic rings. The fraction of sp³-hybridized carbons (Fsp3) is 0.767. The molecule has 4 N–H and O–H groups in total. The highest BCUT2D eigenvalue weighted by Gasteiger charge is 2.49. The number of rotatable bonds is 5. The molecular formula is C30H48FN9O3S. The van der Waals surface area contributed by atoms with Gasteiger partial charge in [0.05, 0.1) is 23.7 Å². The minimum atomic E-state index is -3.36. The molecule has 5 heterocycles. The molecule has 3 saturated heterocycles. The van der Waals surface area contributed by atoms with Crippen LogP contribution in [0.5, 0.6) is 0 Å². The number of nitrogens with one attached hydrogen (secondary N) is 2. The Labute approximate surface area is 259 Å². The largest absolute Gasteiger partial charge is 0.381 e. The van der Waals surface area contributed by atoms with Crippen LogP contribution in [0.25, 0.3) is 5.65 Å². The Morgan fingerprint density at radius 1 is 1.05 bits per heavy atom. The van der Waals surface area contributed by atoms with Crippen LogP contribution in [-0.2, 0) is 10.0 Å². The van der Waals surface area contributed by atoms with E-state index in [0.29, 0.717) is 45.6 Å². The molecule has 3 aliphatic heterocycles. The number of nitrogens with zero attached hydrogens (tertiary/aromatic N) is 6. The molecule has 1 saturated carbocycles. The summed E-state index contributed by atoms with van der Waals surface area (Å²) in [4.78, 5) is 22.6. The van der Waals surface area contributed by atoms with Crippen molar-refractivity contribution in [1.29, 1.82) is 0 Å². The number of aromatic nitrogens is 3. The molecule has 2 unspecified atom stereocenters. The number of nitrogen functional groups attached to an aromatic ring is 1. The molecule has 0 bridgehead atoms. The van der Waals surface area contributed by atoms with Gasteiger partial charge in [0, 0.05) is 50.7 Å². The lowest BCUT2D eigenvalue weighted by Gasteiger charge is -2.55. The van der Waals surface area contributed by atoms with Crippen LogP contribution in [0.1, 0.15) is 74.6 Å². The Balaban J connectivity index is 1.25. The van der Waals surface area contributed by atoms with Crippen molar-refractivity contribution in [3.63, 3.8) is 0 Å². The Morgan fingerprint density at radius 2 is 1.70 bits per heavy atom. The maximum atomic E-state index is 13.8. The Kier molecular flexibility index (Phi) is 9.44. The summed E-state index contributed by atoms with van der Waals surface area (Å²) in [5.41, 5.74) is 6.46. The first-order valence-corrected chi connectivity index (χ1v) is 17.9. The quantitative estimate of drug-likeness (QED) is 0.449. The van der Waals surface area contributed by atoms with Crippen LogP contribution in [0.15, 0.2) is 12.4 Å². The third kappa shape index (κ3) is 6.33. The first kappa shape index (κ1) is 31.6. The summed E-state index contributed by atoms with van der Waals surface area (Å²) in [5.74, 6) is -0.939. The van der Waals surface area contributed by atoms with Gasteiger partial charge in [-0.25, -0.2) is 22.3 Å². The summed E-state index contributed by atoms with van der Waals surface area (Å²) in [6.07, 6.45) is 12.9. The number of carbonyl (C=O) groups is 1. The summed E-state index contributed by atoms with van der Waals surface area (Å²) >= 11 is 0. The zero-order valence-electron chi connectivity index (χ0n) is 25.9. The average Bonchev–Trinajstić information content (AvgIpc) is 3.38. The highest BCUT2D eigenvalue weighted by molar-refractivity contribution is 7.89. The van der Waals surface area contributed by atoms with Crippen molar-refractivity contribution in [3.8, 4) is 0 Å². The van der Waals surface area contributed by atoms with Crippen LogP contribution < -0.4 is 16.4 Å². The van der Waals surface area contributed by atoms with Crippen molar-refractivity contribution >= 4 is 27.4 Å². The lowest BCUT2D eigenvalue weighted by atomic mass is 9.67. The lowest BCUT2D eigenvalue weighted by molar-refractivity contribution is -0.0158. The van der Waals surface area contributed by atoms with Gasteiger partial charge in [0.15, 0.2) is 17.3 Å². The summed E-state index contributed by atoms with van der Waals surface area (Å²) < 4.78 is 44.0. The van der Waals surface area contributed by atoms with Crippen molar-refractivity contribution in [2.75, 3.05) is 65.1 Å². The number of hydrogen-bond acceptors (Lipinski definition) is 9. The minimum absolute atomic E-state index is 0.00537. The van der Waals surface area contributed by atoms with E-state index in [9.17, 15) is 17.6 Å². The average molecular weight is 634 g/mol. The lowest BCUT2D eigenvalue weighted by Crippen LogP contribution is -2.70. The SMILES string of the molecule is CN1CCC(S(=O)(=O)N2CCN(C3C(NC(=O)c4c(N)nn5cc(F)cnc45)CNCC34CCCCCCCC4)CC2)CC1. The fourth-order valence-electron chi connectivity index (χ4n) is 8.27. The summed E-state index contributed by atoms with van der Waals surface area (Å²) in [7, 11) is -1.32. The predicted octanol–water partition coefficient (Wildman–Crippen LogP) is 1.68. The number of piperidine rings is 2. The van der Waals surface area contributed by atoms with Gasteiger partial charge in [0.25, 0.3) is 5.91 Å². The van der Waals surface area contributed by atoms with E-state index in [2.05, 4.69) is 30.5 Å². The zero-order chi connectivity index (χ0) is 30.9. The topological polar surface area (TPSA) is 141 Å². The summed E-state index contributed by atoms with van der Waals surface area (Å²) in [5, 5.41) is 10.8. The molecule has 2 aromatic heterocycles. The van der Waals surface area contributed by atoms with E-state index in [1.54, 1.807) is 4.31 Å². The molecule has 1 aliphatic carbocycles. The van der Waals surface area contributed by atoms with Crippen LogP contribution in [0.4, 0.5) is 10.2 Å². The Hall–Kier alpha value is -2.39. The second-order valence-corrected chi connectivity index (χ2v) is 15.6. The molecule has 14 heteroatoms.